The van der Waals surface area contributed by atoms with Gasteiger partial charge in [-0.25, -0.2) is 4.98 Å². The van der Waals surface area contributed by atoms with Gasteiger partial charge in [0, 0.05) is 31.5 Å². The molecule has 5 rings (SSSR count). The fraction of sp³-hybridized carbons (Fsp3) is 0.310. The van der Waals surface area contributed by atoms with Crippen molar-refractivity contribution in [3.63, 3.8) is 0 Å². The highest BCUT2D eigenvalue weighted by molar-refractivity contribution is 5.98. The van der Waals surface area contributed by atoms with E-state index in [4.69, 9.17) is 14.5 Å². The molecule has 0 spiro atoms. The highest BCUT2D eigenvalue weighted by atomic mass is 16.5. The number of rotatable bonds is 6. The zero-order valence-corrected chi connectivity index (χ0v) is 21.0. The number of carbonyl (C=O) groups is 1. The first-order valence-electron chi connectivity index (χ1n) is 11.9. The van der Waals surface area contributed by atoms with Crippen molar-refractivity contribution >= 4 is 22.6 Å². The molecule has 1 aliphatic heterocycles. The number of hydrogen-bond donors (Lipinski definition) is 0. The van der Waals surface area contributed by atoms with E-state index in [9.17, 15) is 4.79 Å². The molecule has 0 N–H and O–H groups in total. The van der Waals surface area contributed by atoms with Crippen LogP contribution in [0.5, 0.6) is 11.5 Å². The predicted octanol–water partition coefficient (Wildman–Crippen LogP) is 5.55. The third kappa shape index (κ3) is 4.14. The maximum atomic E-state index is 13.2. The van der Waals surface area contributed by atoms with Gasteiger partial charge in [-0.05, 0) is 61.7 Å². The molecular formula is C29H31N3O3. The topological polar surface area (TPSA) is 56.6 Å². The smallest absolute Gasteiger partial charge is 0.227 e. The van der Waals surface area contributed by atoms with E-state index < -0.39 is 0 Å². The number of imidazole rings is 1. The molecule has 6 nitrogen and oxygen atoms in total. The number of carbonyl (C=O) groups excluding carboxylic acids is 1. The Morgan fingerprint density at radius 2 is 1.71 bits per heavy atom. The molecule has 1 amide bonds. The molecule has 2 heterocycles. The monoisotopic (exact) mass is 469 g/mol. The Kier molecular flexibility index (Phi) is 5.97. The summed E-state index contributed by atoms with van der Waals surface area (Å²) in [5.41, 5.74) is 7.89. The van der Waals surface area contributed by atoms with Crippen LogP contribution in [-0.4, -0.2) is 36.2 Å². The minimum absolute atomic E-state index is 0.0307. The third-order valence-electron chi connectivity index (χ3n) is 7.01. The van der Waals surface area contributed by atoms with Crippen LogP contribution in [0.4, 0.5) is 5.69 Å². The first-order valence-corrected chi connectivity index (χ1v) is 11.9. The second kappa shape index (κ2) is 9.10. The minimum atomic E-state index is -0.0307. The molecular weight excluding hydrogens is 438 g/mol. The van der Waals surface area contributed by atoms with Crippen molar-refractivity contribution in [2.24, 2.45) is 0 Å². The van der Waals surface area contributed by atoms with Gasteiger partial charge in [0.1, 0.15) is 17.3 Å². The van der Waals surface area contributed by atoms with Crippen LogP contribution in [0.3, 0.4) is 0 Å². The van der Waals surface area contributed by atoms with Crippen LogP contribution in [0.15, 0.2) is 54.6 Å². The summed E-state index contributed by atoms with van der Waals surface area (Å²) in [7, 11) is 3.24. The minimum Gasteiger partial charge on any atom is -0.497 e. The van der Waals surface area contributed by atoms with E-state index in [-0.39, 0.29) is 11.8 Å². The molecule has 3 aromatic carbocycles. The van der Waals surface area contributed by atoms with Crippen LogP contribution in [0.25, 0.3) is 11.0 Å². The molecule has 0 bridgehead atoms. The number of methoxy groups -OCH3 is 2. The molecule has 6 heteroatoms. The van der Waals surface area contributed by atoms with E-state index in [1.807, 2.05) is 36.4 Å². The van der Waals surface area contributed by atoms with Gasteiger partial charge in [-0.2, -0.15) is 0 Å². The predicted molar refractivity (Wildman–Crippen MR) is 139 cm³/mol. The molecule has 1 unspecified atom stereocenters. The summed E-state index contributed by atoms with van der Waals surface area (Å²) < 4.78 is 13.3. The summed E-state index contributed by atoms with van der Waals surface area (Å²) in [5, 5.41) is 0. The Bertz CT molecular complexity index is 1400. The fourth-order valence-corrected chi connectivity index (χ4v) is 5.31. The number of aromatic nitrogens is 2. The zero-order chi connectivity index (χ0) is 24.7. The van der Waals surface area contributed by atoms with Gasteiger partial charge in [0.05, 0.1) is 30.9 Å². The van der Waals surface area contributed by atoms with Crippen molar-refractivity contribution < 1.29 is 14.3 Å². The Morgan fingerprint density at radius 1 is 0.971 bits per heavy atom. The lowest BCUT2D eigenvalue weighted by Crippen LogP contribution is -2.25. The number of fused-ring (bicyclic) bond motifs is 1. The number of benzene rings is 3. The first-order chi connectivity index (χ1) is 16.9. The van der Waals surface area contributed by atoms with Crippen LogP contribution in [0.2, 0.25) is 0 Å². The number of para-hydroxylation sites is 2. The van der Waals surface area contributed by atoms with E-state index in [1.54, 1.807) is 19.1 Å². The van der Waals surface area contributed by atoms with Crippen molar-refractivity contribution in [1.29, 1.82) is 0 Å². The Hall–Kier alpha value is -3.80. The fourth-order valence-electron chi connectivity index (χ4n) is 5.31. The number of amides is 1. The SMILES string of the molecule is COc1ccc(OC)c(N2CC(c3nc4ccccc4n3Cc3c(C)cc(C)cc3C)CC2=O)c1. The number of hydrogen-bond acceptors (Lipinski definition) is 4. The summed E-state index contributed by atoms with van der Waals surface area (Å²) in [6.07, 6.45) is 0.398. The zero-order valence-electron chi connectivity index (χ0n) is 21.0. The van der Waals surface area contributed by atoms with E-state index >= 15 is 0 Å². The molecule has 0 saturated carbocycles. The quantitative estimate of drug-likeness (QED) is 0.372. The second-order valence-corrected chi connectivity index (χ2v) is 9.37. The summed E-state index contributed by atoms with van der Waals surface area (Å²) in [6.45, 7) is 7.74. The van der Waals surface area contributed by atoms with E-state index in [1.165, 1.54) is 22.3 Å². The lowest BCUT2D eigenvalue weighted by Gasteiger charge is -2.21. The molecule has 35 heavy (non-hydrogen) atoms. The number of ether oxygens (including phenoxy) is 2. The summed E-state index contributed by atoms with van der Waals surface area (Å²) in [6, 6.07) is 18.2. The lowest BCUT2D eigenvalue weighted by molar-refractivity contribution is -0.117. The van der Waals surface area contributed by atoms with E-state index in [0.717, 1.165) is 29.1 Å². The maximum absolute atomic E-state index is 13.2. The molecule has 0 radical (unpaired) electrons. The van der Waals surface area contributed by atoms with Gasteiger partial charge in [-0.1, -0.05) is 29.8 Å². The lowest BCUT2D eigenvalue weighted by atomic mass is 9.99. The van der Waals surface area contributed by atoms with Crippen LogP contribution in [-0.2, 0) is 11.3 Å². The van der Waals surface area contributed by atoms with E-state index in [0.29, 0.717) is 24.5 Å². The Balaban J connectivity index is 1.56. The average molecular weight is 470 g/mol. The molecule has 1 fully saturated rings. The van der Waals surface area contributed by atoms with E-state index in [2.05, 4.69) is 43.5 Å². The third-order valence-corrected chi connectivity index (χ3v) is 7.01. The normalized spacial score (nSPS) is 15.7. The summed E-state index contributed by atoms with van der Waals surface area (Å²) >= 11 is 0. The van der Waals surface area contributed by atoms with Gasteiger partial charge >= 0.3 is 0 Å². The largest absolute Gasteiger partial charge is 0.497 e. The molecule has 1 aliphatic rings. The van der Waals surface area contributed by atoms with Crippen molar-refractivity contribution in [2.75, 3.05) is 25.7 Å². The van der Waals surface area contributed by atoms with Gasteiger partial charge in [0.25, 0.3) is 0 Å². The average Bonchev–Trinajstić information content (AvgIpc) is 3.41. The Morgan fingerprint density at radius 3 is 2.43 bits per heavy atom. The highest BCUT2D eigenvalue weighted by Crippen LogP contribution is 2.39. The Labute approximate surface area is 206 Å². The van der Waals surface area contributed by atoms with Gasteiger partial charge in [-0.3, -0.25) is 4.79 Å². The standard InChI is InChI=1S/C29H31N3O3/c1-18-12-19(2)23(20(3)13-18)17-32-25-9-7-6-8-24(25)30-29(32)21-14-28(33)31(16-21)26-15-22(34-4)10-11-27(26)35-5/h6-13,15,21H,14,16-17H2,1-5H3. The van der Waals surface area contributed by atoms with Crippen LogP contribution in [0, 0.1) is 20.8 Å². The van der Waals surface area contributed by atoms with Gasteiger partial charge < -0.3 is 18.9 Å². The number of nitrogens with zero attached hydrogens (tertiary/aromatic N) is 3. The molecule has 1 saturated heterocycles. The highest BCUT2D eigenvalue weighted by Gasteiger charge is 2.36. The molecule has 4 aromatic rings. The van der Waals surface area contributed by atoms with Crippen molar-refractivity contribution in [2.45, 2.75) is 39.7 Å². The van der Waals surface area contributed by atoms with Crippen LogP contribution in [0.1, 0.15) is 40.4 Å². The summed E-state index contributed by atoms with van der Waals surface area (Å²) in [5.74, 6) is 2.32. The molecule has 0 aliphatic carbocycles. The van der Waals surface area contributed by atoms with Crippen molar-refractivity contribution in [3.8, 4) is 11.5 Å². The van der Waals surface area contributed by atoms with Gasteiger partial charge in [0.2, 0.25) is 5.91 Å². The summed E-state index contributed by atoms with van der Waals surface area (Å²) in [4.78, 5) is 20.1. The van der Waals surface area contributed by atoms with Crippen molar-refractivity contribution in [1.82, 2.24) is 9.55 Å². The van der Waals surface area contributed by atoms with Crippen LogP contribution >= 0.6 is 0 Å². The van der Waals surface area contributed by atoms with Crippen molar-refractivity contribution in [3.05, 3.63) is 82.7 Å². The maximum Gasteiger partial charge on any atom is 0.227 e. The number of anilines is 1. The van der Waals surface area contributed by atoms with Gasteiger partial charge in [-0.15, -0.1) is 0 Å². The molecule has 1 aromatic heterocycles. The first kappa shape index (κ1) is 23.0. The molecule has 180 valence electrons. The van der Waals surface area contributed by atoms with Gasteiger partial charge in [0.15, 0.2) is 0 Å². The van der Waals surface area contributed by atoms with Crippen LogP contribution < -0.4 is 14.4 Å². The second-order valence-electron chi connectivity index (χ2n) is 9.37. The number of aryl methyl sites for hydroxylation is 3. The molecule has 1 atom stereocenters.